The van der Waals surface area contributed by atoms with Gasteiger partial charge < -0.3 is 10.6 Å². The number of hydrogen-bond donors (Lipinski definition) is 2. The van der Waals surface area contributed by atoms with Crippen molar-refractivity contribution >= 4 is 6.09 Å². The Morgan fingerprint density at radius 1 is 1.56 bits per heavy atom. The van der Waals surface area contributed by atoms with Crippen LogP contribution in [0.25, 0.3) is 0 Å². The fourth-order valence-corrected chi connectivity index (χ4v) is 0.203. The van der Waals surface area contributed by atoms with E-state index in [1.807, 2.05) is 20.8 Å². The van der Waals surface area contributed by atoms with Gasteiger partial charge in [0.15, 0.2) is 0 Å². The van der Waals surface area contributed by atoms with Gasteiger partial charge in [-0.1, -0.05) is 0 Å². The summed E-state index contributed by atoms with van der Waals surface area (Å²) in [7, 11) is 0. The molecule has 4 nitrogen and oxygen atoms in total. The monoisotopic (exact) mass is 132 g/mol. The van der Waals surface area contributed by atoms with Crippen LogP contribution >= 0.6 is 0 Å². The van der Waals surface area contributed by atoms with Crippen LogP contribution < -0.4 is 11.2 Å². The van der Waals surface area contributed by atoms with Gasteiger partial charge in [0, 0.05) is 5.54 Å². The van der Waals surface area contributed by atoms with Crippen LogP contribution in [0.4, 0.5) is 4.79 Å². The first-order chi connectivity index (χ1) is 3.92. The van der Waals surface area contributed by atoms with Crippen molar-refractivity contribution in [2.24, 2.45) is 5.73 Å². The Hall–Kier alpha value is -0.770. The molecule has 3 N–H and O–H groups in total. The van der Waals surface area contributed by atoms with Crippen molar-refractivity contribution in [3.8, 4) is 0 Å². The van der Waals surface area contributed by atoms with Gasteiger partial charge in [-0.15, -0.1) is 5.48 Å². The molecule has 0 aliphatic carbocycles. The number of amides is 1. The van der Waals surface area contributed by atoms with Crippen LogP contribution in [0.15, 0.2) is 0 Å². The van der Waals surface area contributed by atoms with Gasteiger partial charge in [0.2, 0.25) is 0 Å². The van der Waals surface area contributed by atoms with Gasteiger partial charge in [-0.2, -0.15) is 0 Å². The molecule has 0 aliphatic rings. The summed E-state index contributed by atoms with van der Waals surface area (Å²) in [5.41, 5.74) is 6.88. The molecular weight excluding hydrogens is 120 g/mol. The summed E-state index contributed by atoms with van der Waals surface area (Å²) in [6.07, 6.45) is -0.815. The van der Waals surface area contributed by atoms with E-state index in [-0.39, 0.29) is 5.54 Å². The lowest BCUT2D eigenvalue weighted by molar-refractivity contribution is 0.0545. The summed E-state index contributed by atoms with van der Waals surface area (Å²) in [5, 5.41) is 0. The van der Waals surface area contributed by atoms with Crippen molar-refractivity contribution < 1.29 is 9.63 Å². The third-order valence-electron chi connectivity index (χ3n) is 0.458. The normalized spacial score (nSPS) is 11.0. The van der Waals surface area contributed by atoms with Crippen molar-refractivity contribution in [1.82, 2.24) is 5.48 Å². The maximum absolute atomic E-state index is 9.98. The van der Waals surface area contributed by atoms with E-state index in [0.29, 0.717) is 0 Å². The zero-order chi connectivity index (χ0) is 7.49. The zero-order valence-corrected chi connectivity index (χ0v) is 5.89. The molecule has 0 rings (SSSR count). The maximum Gasteiger partial charge on any atom is 0.423 e. The van der Waals surface area contributed by atoms with Crippen LogP contribution in [0.1, 0.15) is 20.8 Å². The van der Waals surface area contributed by atoms with Crippen LogP contribution in [0.2, 0.25) is 0 Å². The second-order valence-electron chi connectivity index (χ2n) is 2.77. The van der Waals surface area contributed by atoms with E-state index in [1.54, 1.807) is 0 Å². The molecule has 0 aliphatic heterocycles. The summed E-state index contributed by atoms with van der Waals surface area (Å²) in [5.74, 6) is 0. The predicted octanol–water partition coefficient (Wildman–Crippen LogP) is 0.385. The summed E-state index contributed by atoms with van der Waals surface area (Å²) in [6.45, 7) is 5.57. The number of carbonyl (C=O) groups excluding carboxylic acids is 1. The molecule has 54 valence electrons. The van der Waals surface area contributed by atoms with E-state index in [4.69, 9.17) is 0 Å². The molecule has 0 atom stereocenters. The highest BCUT2D eigenvalue weighted by Crippen LogP contribution is 1.96. The summed E-state index contributed by atoms with van der Waals surface area (Å²) < 4.78 is 0. The molecule has 0 saturated heterocycles. The van der Waals surface area contributed by atoms with E-state index in [1.165, 1.54) is 0 Å². The van der Waals surface area contributed by atoms with Gasteiger partial charge in [0.25, 0.3) is 0 Å². The van der Waals surface area contributed by atoms with Gasteiger partial charge in [-0.3, -0.25) is 0 Å². The lowest BCUT2D eigenvalue weighted by Crippen LogP contribution is -2.39. The number of nitrogens with two attached hydrogens (primary N) is 1. The minimum atomic E-state index is -0.815. The molecule has 0 heterocycles. The molecule has 4 heteroatoms. The fraction of sp³-hybridized carbons (Fsp3) is 0.800. The first kappa shape index (κ1) is 8.23. The summed E-state index contributed by atoms with van der Waals surface area (Å²) >= 11 is 0. The third kappa shape index (κ3) is 7.23. The molecule has 0 fully saturated rings. The molecule has 0 saturated carbocycles. The Morgan fingerprint density at radius 3 is 2.11 bits per heavy atom. The number of nitrogens with one attached hydrogen (secondary N) is 1. The number of carbonyl (C=O) groups is 1. The Bertz CT molecular complexity index is 106. The lowest BCUT2D eigenvalue weighted by atomic mass is 10.1. The third-order valence-corrected chi connectivity index (χ3v) is 0.458. The first-order valence-electron chi connectivity index (χ1n) is 2.65. The van der Waals surface area contributed by atoms with Gasteiger partial charge in [0.05, 0.1) is 0 Å². The molecule has 0 radical (unpaired) electrons. The van der Waals surface area contributed by atoms with E-state index in [9.17, 15) is 4.79 Å². The molecule has 0 aromatic rings. The molecule has 0 aromatic carbocycles. The zero-order valence-electron chi connectivity index (χ0n) is 5.89. The lowest BCUT2D eigenvalue weighted by Gasteiger charge is -2.17. The molecular formula is C5H12N2O2. The van der Waals surface area contributed by atoms with E-state index in [2.05, 4.69) is 16.1 Å². The first-order valence-corrected chi connectivity index (χ1v) is 2.65. The van der Waals surface area contributed by atoms with Crippen molar-refractivity contribution in [2.75, 3.05) is 0 Å². The molecule has 0 spiro atoms. The highest BCUT2D eigenvalue weighted by Gasteiger charge is 2.09. The van der Waals surface area contributed by atoms with Crippen LogP contribution in [0.5, 0.6) is 0 Å². The van der Waals surface area contributed by atoms with Gasteiger partial charge in [0.1, 0.15) is 0 Å². The predicted molar refractivity (Wildman–Crippen MR) is 33.6 cm³/mol. The van der Waals surface area contributed by atoms with Crippen molar-refractivity contribution in [3.63, 3.8) is 0 Å². The highest BCUT2D eigenvalue weighted by molar-refractivity contribution is 5.64. The van der Waals surface area contributed by atoms with E-state index in [0.717, 1.165) is 0 Å². The van der Waals surface area contributed by atoms with Gasteiger partial charge in [-0.25, -0.2) is 4.79 Å². The topological polar surface area (TPSA) is 64.3 Å². The van der Waals surface area contributed by atoms with Crippen LogP contribution in [-0.4, -0.2) is 11.6 Å². The Morgan fingerprint density at radius 2 is 2.00 bits per heavy atom. The van der Waals surface area contributed by atoms with Crippen molar-refractivity contribution in [2.45, 2.75) is 26.3 Å². The number of hydrogen-bond acceptors (Lipinski definition) is 3. The number of rotatable bonds is 1. The minimum absolute atomic E-state index is 0.241. The minimum Gasteiger partial charge on any atom is -0.354 e. The second kappa shape index (κ2) is 2.68. The second-order valence-corrected chi connectivity index (χ2v) is 2.77. The Balaban J connectivity index is 3.39. The van der Waals surface area contributed by atoms with Crippen LogP contribution in [-0.2, 0) is 4.84 Å². The molecule has 1 amide bonds. The summed E-state index contributed by atoms with van der Waals surface area (Å²) in [4.78, 5) is 14.3. The highest BCUT2D eigenvalue weighted by atomic mass is 16.7. The molecule has 0 unspecified atom stereocenters. The fourth-order valence-electron chi connectivity index (χ4n) is 0.203. The number of hydroxylamine groups is 1. The largest absolute Gasteiger partial charge is 0.423 e. The SMILES string of the molecule is CC(C)(C)NOC(N)=O. The van der Waals surface area contributed by atoms with Gasteiger partial charge in [-0.05, 0) is 20.8 Å². The van der Waals surface area contributed by atoms with Gasteiger partial charge >= 0.3 is 6.09 Å². The van der Waals surface area contributed by atoms with E-state index < -0.39 is 6.09 Å². The Kier molecular flexibility index (Phi) is 2.45. The molecule has 0 bridgehead atoms. The summed E-state index contributed by atoms with van der Waals surface area (Å²) in [6, 6.07) is 0. The van der Waals surface area contributed by atoms with Crippen molar-refractivity contribution in [1.29, 1.82) is 0 Å². The standard InChI is InChI=1S/C5H12N2O2/c1-5(2,3)7-9-4(6)8/h7H,1-3H3,(H2,6,8). The quantitative estimate of drug-likeness (QED) is 0.507. The smallest absolute Gasteiger partial charge is 0.354 e. The Labute approximate surface area is 54.3 Å². The average molecular weight is 132 g/mol. The number of primary amides is 1. The molecule has 9 heavy (non-hydrogen) atoms. The molecule has 0 aromatic heterocycles. The maximum atomic E-state index is 9.98. The van der Waals surface area contributed by atoms with Crippen molar-refractivity contribution in [3.05, 3.63) is 0 Å². The van der Waals surface area contributed by atoms with Crippen LogP contribution in [0, 0.1) is 0 Å². The average Bonchev–Trinajstić information content (AvgIpc) is 1.59. The van der Waals surface area contributed by atoms with E-state index >= 15 is 0 Å². The van der Waals surface area contributed by atoms with Crippen LogP contribution in [0.3, 0.4) is 0 Å².